The van der Waals surface area contributed by atoms with E-state index in [1.165, 1.54) is 18.9 Å². The minimum Gasteiger partial charge on any atom is -0.387 e. The first kappa shape index (κ1) is 13.4. The van der Waals surface area contributed by atoms with Crippen LogP contribution >= 0.6 is 0 Å². The van der Waals surface area contributed by atoms with Crippen molar-refractivity contribution in [2.45, 2.75) is 38.3 Å². The maximum Gasteiger partial charge on any atom is 0.131 e. The minimum absolute atomic E-state index is 0.141. The van der Waals surface area contributed by atoms with Crippen LogP contribution in [0.1, 0.15) is 37.9 Å². The molecule has 1 saturated carbocycles. The second-order valence-corrected chi connectivity index (χ2v) is 5.17. The highest BCUT2D eigenvalue weighted by Crippen LogP contribution is 2.33. The smallest absolute Gasteiger partial charge is 0.131 e. The topological polar surface area (TPSA) is 32.3 Å². The van der Waals surface area contributed by atoms with Gasteiger partial charge in [-0.1, -0.05) is 18.9 Å². The molecule has 0 spiro atoms. The first-order chi connectivity index (χ1) is 8.56. The molecule has 2 nitrogen and oxygen atoms in total. The van der Waals surface area contributed by atoms with Crippen molar-refractivity contribution in [3.05, 3.63) is 35.4 Å². The lowest BCUT2D eigenvalue weighted by molar-refractivity contribution is 0.165. The van der Waals surface area contributed by atoms with Crippen molar-refractivity contribution in [2.24, 2.45) is 5.92 Å². The third-order valence-electron chi connectivity index (χ3n) is 3.36. The molecule has 100 valence electrons. The van der Waals surface area contributed by atoms with Gasteiger partial charge in [0.1, 0.15) is 11.6 Å². The molecule has 0 amide bonds. The van der Waals surface area contributed by atoms with Crippen LogP contribution in [0.4, 0.5) is 8.78 Å². The first-order valence-electron chi connectivity index (χ1n) is 6.42. The molecular formula is C14H19F2NO. The second kappa shape index (κ2) is 5.76. The Balaban J connectivity index is 1.84. The van der Waals surface area contributed by atoms with E-state index in [1.54, 1.807) is 0 Å². The molecule has 0 aromatic heterocycles. The predicted octanol–water partition coefficient (Wildman–Crippen LogP) is 2.78. The molecule has 2 unspecified atom stereocenters. The number of rotatable bonds is 6. The van der Waals surface area contributed by atoms with Gasteiger partial charge in [-0.05, 0) is 25.3 Å². The lowest BCUT2D eigenvalue weighted by Gasteiger charge is -2.17. The summed E-state index contributed by atoms with van der Waals surface area (Å²) in [5.41, 5.74) is 0.141. The van der Waals surface area contributed by atoms with Crippen molar-refractivity contribution in [1.29, 1.82) is 0 Å². The molecule has 18 heavy (non-hydrogen) atoms. The summed E-state index contributed by atoms with van der Waals surface area (Å²) in [6.45, 7) is 2.35. The SMILES string of the molecule is CC(CC1CC1)NCC(O)c1ccc(F)cc1F. The molecule has 0 bridgehead atoms. The highest BCUT2D eigenvalue weighted by Gasteiger charge is 2.23. The molecule has 2 rings (SSSR count). The average molecular weight is 255 g/mol. The number of halogens is 2. The van der Waals surface area contributed by atoms with Gasteiger partial charge in [0.05, 0.1) is 6.10 Å². The molecule has 0 radical (unpaired) electrons. The zero-order chi connectivity index (χ0) is 13.1. The van der Waals surface area contributed by atoms with Crippen molar-refractivity contribution in [3.63, 3.8) is 0 Å². The summed E-state index contributed by atoms with van der Waals surface area (Å²) < 4.78 is 26.2. The summed E-state index contributed by atoms with van der Waals surface area (Å²) in [5, 5.41) is 13.0. The number of benzene rings is 1. The normalized spacial score (nSPS) is 18.7. The lowest BCUT2D eigenvalue weighted by Crippen LogP contribution is -2.31. The van der Waals surface area contributed by atoms with Gasteiger partial charge in [-0.3, -0.25) is 0 Å². The van der Waals surface area contributed by atoms with Crippen molar-refractivity contribution in [2.75, 3.05) is 6.54 Å². The molecule has 1 aromatic rings. The maximum absolute atomic E-state index is 13.4. The zero-order valence-electron chi connectivity index (χ0n) is 10.5. The number of hydrogen-bond donors (Lipinski definition) is 2. The number of hydrogen-bond acceptors (Lipinski definition) is 2. The van der Waals surface area contributed by atoms with Gasteiger partial charge in [0.2, 0.25) is 0 Å². The fraction of sp³-hybridized carbons (Fsp3) is 0.571. The van der Waals surface area contributed by atoms with Crippen LogP contribution < -0.4 is 5.32 Å². The number of nitrogens with one attached hydrogen (secondary N) is 1. The quantitative estimate of drug-likeness (QED) is 0.819. The molecule has 0 aliphatic heterocycles. The molecule has 1 aliphatic carbocycles. The Hall–Kier alpha value is -1.00. The van der Waals surface area contributed by atoms with E-state index in [9.17, 15) is 13.9 Å². The molecule has 4 heteroatoms. The summed E-state index contributed by atoms with van der Waals surface area (Å²) in [5.74, 6) is -0.509. The number of aliphatic hydroxyl groups excluding tert-OH is 1. The predicted molar refractivity (Wildman–Crippen MR) is 66.1 cm³/mol. The van der Waals surface area contributed by atoms with E-state index in [-0.39, 0.29) is 12.1 Å². The molecule has 2 atom stereocenters. The lowest BCUT2D eigenvalue weighted by atomic mass is 10.1. The zero-order valence-corrected chi connectivity index (χ0v) is 10.5. The third kappa shape index (κ3) is 3.75. The maximum atomic E-state index is 13.4. The Labute approximate surface area is 106 Å². The summed E-state index contributed by atoms with van der Waals surface area (Å²) in [7, 11) is 0. The van der Waals surface area contributed by atoms with E-state index >= 15 is 0 Å². The van der Waals surface area contributed by atoms with Gasteiger partial charge < -0.3 is 10.4 Å². The first-order valence-corrected chi connectivity index (χ1v) is 6.42. The van der Waals surface area contributed by atoms with Crippen LogP contribution in [-0.2, 0) is 0 Å². The fourth-order valence-corrected chi connectivity index (χ4v) is 2.13. The van der Waals surface area contributed by atoms with Crippen LogP contribution in [0.3, 0.4) is 0 Å². The molecule has 1 aromatic carbocycles. The summed E-state index contributed by atoms with van der Waals surface area (Å²) in [4.78, 5) is 0. The Bertz CT molecular complexity index is 407. The Kier molecular flexibility index (Phi) is 4.30. The van der Waals surface area contributed by atoms with E-state index < -0.39 is 17.7 Å². The molecule has 1 fully saturated rings. The van der Waals surface area contributed by atoms with E-state index in [0.717, 1.165) is 24.5 Å². The third-order valence-corrected chi connectivity index (χ3v) is 3.36. The van der Waals surface area contributed by atoms with Gasteiger partial charge in [0, 0.05) is 24.2 Å². The molecule has 2 N–H and O–H groups in total. The Morgan fingerprint density at radius 2 is 2.11 bits per heavy atom. The van der Waals surface area contributed by atoms with E-state index in [4.69, 9.17) is 0 Å². The van der Waals surface area contributed by atoms with Crippen LogP contribution in [0.5, 0.6) is 0 Å². The Morgan fingerprint density at radius 3 is 2.72 bits per heavy atom. The second-order valence-electron chi connectivity index (χ2n) is 5.17. The monoisotopic (exact) mass is 255 g/mol. The molecule has 0 saturated heterocycles. The van der Waals surface area contributed by atoms with E-state index in [1.807, 2.05) is 0 Å². The minimum atomic E-state index is -0.938. The Morgan fingerprint density at radius 1 is 1.39 bits per heavy atom. The molecule has 1 aliphatic rings. The average Bonchev–Trinajstić information content (AvgIpc) is 3.10. The van der Waals surface area contributed by atoms with Crippen molar-refractivity contribution in [1.82, 2.24) is 5.32 Å². The molecular weight excluding hydrogens is 236 g/mol. The summed E-state index contributed by atoms with van der Waals surface area (Å²) in [6.07, 6.45) is 2.74. The van der Waals surface area contributed by atoms with Crippen molar-refractivity contribution >= 4 is 0 Å². The molecule has 0 heterocycles. The van der Waals surface area contributed by atoms with Gasteiger partial charge in [0.15, 0.2) is 0 Å². The van der Waals surface area contributed by atoms with Gasteiger partial charge >= 0.3 is 0 Å². The number of aliphatic hydroxyl groups is 1. The van der Waals surface area contributed by atoms with Crippen LogP contribution in [0.25, 0.3) is 0 Å². The van der Waals surface area contributed by atoms with Gasteiger partial charge in [-0.2, -0.15) is 0 Å². The largest absolute Gasteiger partial charge is 0.387 e. The van der Waals surface area contributed by atoms with Crippen LogP contribution in [0.15, 0.2) is 18.2 Å². The van der Waals surface area contributed by atoms with E-state index in [2.05, 4.69) is 12.2 Å². The van der Waals surface area contributed by atoms with Gasteiger partial charge in [-0.15, -0.1) is 0 Å². The summed E-state index contributed by atoms with van der Waals surface area (Å²) in [6, 6.07) is 3.57. The van der Waals surface area contributed by atoms with Crippen LogP contribution in [0, 0.1) is 17.6 Å². The van der Waals surface area contributed by atoms with Crippen LogP contribution in [0.2, 0.25) is 0 Å². The van der Waals surface area contributed by atoms with Gasteiger partial charge in [0.25, 0.3) is 0 Å². The fourth-order valence-electron chi connectivity index (χ4n) is 2.13. The summed E-state index contributed by atoms with van der Waals surface area (Å²) >= 11 is 0. The van der Waals surface area contributed by atoms with Crippen LogP contribution in [-0.4, -0.2) is 17.7 Å². The van der Waals surface area contributed by atoms with Gasteiger partial charge in [-0.25, -0.2) is 8.78 Å². The van der Waals surface area contributed by atoms with Crippen molar-refractivity contribution in [3.8, 4) is 0 Å². The van der Waals surface area contributed by atoms with Crippen molar-refractivity contribution < 1.29 is 13.9 Å². The standard InChI is InChI=1S/C14H19F2NO/c1-9(6-10-2-3-10)17-8-14(18)12-5-4-11(15)7-13(12)16/h4-5,7,9-10,14,17-18H,2-3,6,8H2,1H3. The highest BCUT2D eigenvalue weighted by atomic mass is 19.1. The highest BCUT2D eigenvalue weighted by molar-refractivity contribution is 5.21. The van der Waals surface area contributed by atoms with E-state index in [0.29, 0.717) is 6.04 Å².